The molecule has 0 aromatic carbocycles. The number of nitrogens with one attached hydrogen (secondary N) is 1. The van der Waals surface area contributed by atoms with Crippen molar-refractivity contribution in [3.63, 3.8) is 0 Å². The van der Waals surface area contributed by atoms with E-state index >= 15 is 0 Å². The van der Waals surface area contributed by atoms with Crippen LogP contribution in [-0.2, 0) is 0 Å². The molecule has 0 aromatic heterocycles. The molecule has 10 heavy (non-hydrogen) atoms. The third-order valence-corrected chi connectivity index (χ3v) is 2.23. The van der Waals surface area contributed by atoms with Crippen LogP contribution in [0.5, 0.6) is 0 Å². The number of nitrogens with two attached hydrogens (primary N) is 1. The molecule has 0 bridgehead atoms. The summed E-state index contributed by atoms with van der Waals surface area (Å²) in [5, 5.41) is 7.02. The van der Waals surface area contributed by atoms with E-state index in [2.05, 4.69) is 6.92 Å². The molecular formula is C8H14N2. The molecule has 0 aromatic rings. The Hall–Kier alpha value is -0.790. The Morgan fingerprint density at radius 1 is 1.80 bits per heavy atom. The van der Waals surface area contributed by atoms with Gasteiger partial charge < -0.3 is 11.1 Å². The lowest BCUT2D eigenvalue weighted by Crippen LogP contribution is -1.94. The molecule has 0 radical (unpaired) electrons. The number of allylic oxidation sites excluding steroid dienone is 1. The van der Waals surface area contributed by atoms with Crippen LogP contribution >= 0.6 is 0 Å². The van der Waals surface area contributed by atoms with Crippen LogP contribution < -0.4 is 5.73 Å². The van der Waals surface area contributed by atoms with Gasteiger partial charge in [0.2, 0.25) is 0 Å². The Bertz CT molecular complexity index is 161. The largest absolute Gasteiger partial charge is 0.404 e. The lowest BCUT2D eigenvalue weighted by molar-refractivity contribution is 0.747. The molecule has 2 atom stereocenters. The molecule has 0 saturated heterocycles. The van der Waals surface area contributed by atoms with Gasteiger partial charge in [-0.2, -0.15) is 0 Å². The highest BCUT2D eigenvalue weighted by Crippen LogP contribution is 2.45. The average molecular weight is 138 g/mol. The Kier molecular flexibility index (Phi) is 2.10. The fourth-order valence-electron chi connectivity index (χ4n) is 1.39. The van der Waals surface area contributed by atoms with Crippen LogP contribution in [0.2, 0.25) is 0 Å². The van der Waals surface area contributed by atoms with E-state index in [1.54, 1.807) is 6.20 Å². The van der Waals surface area contributed by atoms with E-state index < -0.39 is 0 Å². The van der Waals surface area contributed by atoms with Crippen molar-refractivity contribution in [1.82, 2.24) is 0 Å². The highest BCUT2D eigenvalue weighted by atomic mass is 14.5. The first-order valence-electron chi connectivity index (χ1n) is 3.75. The lowest BCUT2D eigenvalue weighted by atomic mass is 10.1. The molecule has 0 aliphatic heterocycles. The zero-order valence-electron chi connectivity index (χ0n) is 6.30. The Morgan fingerprint density at radius 3 is 2.80 bits per heavy atom. The maximum absolute atomic E-state index is 7.02. The minimum atomic E-state index is 0.604. The third-order valence-electron chi connectivity index (χ3n) is 2.23. The van der Waals surface area contributed by atoms with Crippen LogP contribution in [0, 0.1) is 17.2 Å². The van der Waals surface area contributed by atoms with E-state index in [-0.39, 0.29) is 0 Å². The highest BCUT2D eigenvalue weighted by molar-refractivity contribution is 5.77. The van der Waals surface area contributed by atoms with Crippen molar-refractivity contribution in [3.8, 4) is 0 Å². The van der Waals surface area contributed by atoms with Crippen LogP contribution in [0.3, 0.4) is 0 Å². The smallest absolute Gasteiger partial charge is 0.0227 e. The van der Waals surface area contributed by atoms with E-state index in [0.29, 0.717) is 5.92 Å². The van der Waals surface area contributed by atoms with Crippen LogP contribution in [0.25, 0.3) is 0 Å². The number of hydrogen-bond acceptors (Lipinski definition) is 2. The lowest BCUT2D eigenvalue weighted by Gasteiger charge is -1.94. The predicted molar refractivity (Wildman–Crippen MR) is 42.9 cm³/mol. The van der Waals surface area contributed by atoms with Crippen molar-refractivity contribution in [1.29, 1.82) is 5.41 Å². The fourth-order valence-corrected chi connectivity index (χ4v) is 1.39. The first kappa shape index (κ1) is 7.32. The second-order valence-corrected chi connectivity index (χ2v) is 2.82. The second kappa shape index (κ2) is 2.86. The van der Waals surface area contributed by atoms with Gasteiger partial charge in [-0.25, -0.2) is 0 Å². The first-order valence-corrected chi connectivity index (χ1v) is 3.75. The summed E-state index contributed by atoms with van der Waals surface area (Å²) in [7, 11) is 0. The predicted octanol–water partition coefficient (Wildman–Crippen LogP) is 1.52. The van der Waals surface area contributed by atoms with E-state index in [9.17, 15) is 0 Å². The quantitative estimate of drug-likeness (QED) is 0.571. The molecule has 3 N–H and O–H groups in total. The minimum absolute atomic E-state index is 0.604. The van der Waals surface area contributed by atoms with Crippen molar-refractivity contribution < 1.29 is 0 Å². The zero-order chi connectivity index (χ0) is 7.56. The molecule has 0 amide bonds. The maximum atomic E-state index is 7.02. The van der Waals surface area contributed by atoms with Crippen molar-refractivity contribution >= 4 is 6.21 Å². The first-order chi connectivity index (χ1) is 4.83. The molecule has 1 fully saturated rings. The summed E-state index contributed by atoms with van der Waals surface area (Å²) in [6, 6.07) is 0. The van der Waals surface area contributed by atoms with Gasteiger partial charge in [-0.1, -0.05) is 13.3 Å². The van der Waals surface area contributed by atoms with Gasteiger partial charge in [-0.3, -0.25) is 0 Å². The summed E-state index contributed by atoms with van der Waals surface area (Å²) < 4.78 is 0. The molecule has 1 saturated carbocycles. The minimum Gasteiger partial charge on any atom is -0.404 e. The highest BCUT2D eigenvalue weighted by Gasteiger charge is 2.37. The van der Waals surface area contributed by atoms with Crippen molar-refractivity contribution in [2.24, 2.45) is 17.6 Å². The zero-order valence-corrected chi connectivity index (χ0v) is 6.30. The van der Waals surface area contributed by atoms with Crippen molar-refractivity contribution in [2.75, 3.05) is 0 Å². The second-order valence-electron chi connectivity index (χ2n) is 2.82. The van der Waals surface area contributed by atoms with Crippen LogP contribution in [0.4, 0.5) is 0 Å². The molecule has 2 heteroatoms. The summed E-state index contributed by atoms with van der Waals surface area (Å²) in [4.78, 5) is 0. The average Bonchev–Trinajstić information content (AvgIpc) is 2.70. The van der Waals surface area contributed by atoms with Crippen LogP contribution in [-0.4, -0.2) is 6.21 Å². The van der Waals surface area contributed by atoms with Crippen LogP contribution in [0.15, 0.2) is 11.8 Å². The summed E-state index contributed by atoms with van der Waals surface area (Å²) in [5.74, 6) is 1.41. The molecule has 2 nitrogen and oxygen atoms in total. The Morgan fingerprint density at radius 2 is 2.50 bits per heavy atom. The van der Waals surface area contributed by atoms with Gasteiger partial charge in [0.15, 0.2) is 0 Å². The summed E-state index contributed by atoms with van der Waals surface area (Å²) >= 11 is 0. The van der Waals surface area contributed by atoms with E-state index in [1.165, 1.54) is 19.1 Å². The van der Waals surface area contributed by atoms with Gasteiger partial charge in [0, 0.05) is 6.21 Å². The Labute approximate surface area is 61.6 Å². The maximum Gasteiger partial charge on any atom is 0.0227 e. The fraction of sp³-hybridized carbons (Fsp3) is 0.625. The molecular weight excluding hydrogens is 124 g/mol. The van der Waals surface area contributed by atoms with E-state index in [1.807, 2.05) is 0 Å². The van der Waals surface area contributed by atoms with Gasteiger partial charge in [-0.15, -0.1) is 0 Å². The summed E-state index contributed by atoms with van der Waals surface area (Å²) in [6.45, 7) is 2.18. The Balaban J connectivity index is 2.45. The standard InChI is InChI=1S/C8H14N2/c1-2-6-3-8(6)7(4-9)5-10/h4-6,8-9H,2-3,10H2,1H3/b7-5+,9-4?/t6-,8-/m1/s1. The molecule has 1 aliphatic rings. The summed E-state index contributed by atoms with van der Waals surface area (Å²) in [6.07, 6.45) is 5.39. The molecule has 1 rings (SSSR count). The third kappa shape index (κ3) is 1.20. The topological polar surface area (TPSA) is 49.9 Å². The van der Waals surface area contributed by atoms with Gasteiger partial charge in [0.05, 0.1) is 0 Å². The van der Waals surface area contributed by atoms with Crippen molar-refractivity contribution in [3.05, 3.63) is 11.8 Å². The van der Waals surface area contributed by atoms with Crippen LogP contribution in [0.1, 0.15) is 19.8 Å². The van der Waals surface area contributed by atoms with Gasteiger partial charge >= 0.3 is 0 Å². The van der Waals surface area contributed by atoms with Gasteiger partial charge in [-0.05, 0) is 30.0 Å². The number of rotatable bonds is 3. The molecule has 56 valence electrons. The molecule has 0 spiro atoms. The van der Waals surface area contributed by atoms with Gasteiger partial charge in [0.25, 0.3) is 0 Å². The van der Waals surface area contributed by atoms with Crippen molar-refractivity contribution in [2.45, 2.75) is 19.8 Å². The SMILES string of the molecule is CC[C@@H]1C[C@H]1/C(C=N)=C/N. The van der Waals surface area contributed by atoms with E-state index in [0.717, 1.165) is 11.5 Å². The monoisotopic (exact) mass is 138 g/mol. The van der Waals surface area contributed by atoms with E-state index in [4.69, 9.17) is 11.1 Å². The van der Waals surface area contributed by atoms with Gasteiger partial charge in [0.1, 0.15) is 0 Å². The molecule has 0 unspecified atom stereocenters. The normalized spacial score (nSPS) is 31.9. The molecule has 1 aliphatic carbocycles. The molecule has 0 heterocycles. The number of hydrogen-bond donors (Lipinski definition) is 2. The summed E-state index contributed by atoms with van der Waals surface area (Å²) in [5.41, 5.74) is 6.33.